The van der Waals surface area contributed by atoms with Gasteiger partial charge in [0.15, 0.2) is 0 Å². The van der Waals surface area contributed by atoms with Crippen molar-refractivity contribution in [3.63, 3.8) is 0 Å². The summed E-state index contributed by atoms with van der Waals surface area (Å²) in [6.07, 6.45) is 0. The van der Waals surface area contributed by atoms with Gasteiger partial charge < -0.3 is 0 Å². The van der Waals surface area contributed by atoms with Gasteiger partial charge in [0.1, 0.15) is 14.1 Å². The minimum Gasteiger partial charge on any atom is -0.0566 e. The maximum Gasteiger partial charge on any atom is 0.123 e. The fraction of sp³-hybridized carbons (Fsp3) is 1.00. The van der Waals surface area contributed by atoms with Gasteiger partial charge in [-0.05, 0) is 4.94 Å². The van der Waals surface area contributed by atoms with Crippen molar-refractivity contribution < 1.29 is 29.2 Å². The molecular weight excluding hydrogens is 145 g/mol. The second-order valence-corrected chi connectivity index (χ2v) is 1.84. The number of quaternary nitrogens is 1. The van der Waals surface area contributed by atoms with Gasteiger partial charge in [-0.1, -0.05) is 4.76 Å². The monoisotopic (exact) mass is 153 g/mol. The molecule has 0 radical (unpaired) electrons. The number of hydrogen-bond acceptors (Lipinski definition) is 2. The van der Waals surface area contributed by atoms with E-state index in [1.807, 2.05) is 21.1 Å². The molecule has 1 aliphatic rings. The van der Waals surface area contributed by atoms with Crippen LogP contribution in [0.1, 0.15) is 0 Å². The minimum atomic E-state index is 0. The summed E-state index contributed by atoms with van der Waals surface area (Å²) in [5.74, 6) is 0. The smallest absolute Gasteiger partial charge is 0.0566 e. The molecule has 1 fully saturated rings. The average Bonchev–Trinajstić information content (AvgIpc) is 1.73. The first-order valence-corrected chi connectivity index (χ1v) is 1.91. The predicted molar refractivity (Wildman–Crippen MR) is 21.0 cm³/mol. The van der Waals surface area contributed by atoms with Crippen molar-refractivity contribution in [1.82, 2.24) is 5.17 Å². The standard InChI is InChI=1S/C3H9N2O.Zn/c1-4-5(2,3)6-4;/h1-3H3;/q+1;. The molecule has 1 rings (SSSR count). The van der Waals surface area contributed by atoms with Crippen molar-refractivity contribution >= 4 is 0 Å². The Hall–Kier alpha value is 0.503. The van der Waals surface area contributed by atoms with E-state index in [0.717, 1.165) is 0 Å². The van der Waals surface area contributed by atoms with Crippen LogP contribution in [-0.4, -0.2) is 31.1 Å². The molecule has 1 saturated heterocycles. The molecule has 0 aromatic carbocycles. The quantitative estimate of drug-likeness (QED) is 0.272. The van der Waals surface area contributed by atoms with Gasteiger partial charge in [0.2, 0.25) is 0 Å². The number of hydrogen-bond donors (Lipinski definition) is 0. The zero-order chi connectivity index (χ0) is 4.78. The SMILES string of the molecule is CN1O[N+]1(C)C.[Zn]. The Labute approximate surface area is 56.1 Å². The van der Waals surface area contributed by atoms with Crippen molar-refractivity contribution in [3.05, 3.63) is 0 Å². The van der Waals surface area contributed by atoms with Gasteiger partial charge in [0.25, 0.3) is 0 Å². The van der Waals surface area contributed by atoms with Crippen LogP contribution in [-0.2, 0) is 24.4 Å². The predicted octanol–water partition coefficient (Wildman–Crippen LogP) is -0.233. The molecule has 7 heavy (non-hydrogen) atoms. The van der Waals surface area contributed by atoms with E-state index in [-0.39, 0.29) is 19.5 Å². The fourth-order valence-corrected chi connectivity index (χ4v) is 0.273. The van der Waals surface area contributed by atoms with E-state index in [2.05, 4.69) is 0 Å². The fourth-order valence-electron chi connectivity index (χ4n) is 0.273. The number of hydroxylamine groups is 3. The third kappa shape index (κ3) is 1.46. The van der Waals surface area contributed by atoms with E-state index in [4.69, 9.17) is 4.94 Å². The van der Waals surface area contributed by atoms with E-state index >= 15 is 0 Å². The molecule has 0 saturated carbocycles. The Morgan fingerprint density at radius 2 is 1.57 bits per heavy atom. The van der Waals surface area contributed by atoms with E-state index in [1.54, 1.807) is 5.17 Å². The van der Waals surface area contributed by atoms with E-state index in [1.165, 1.54) is 0 Å². The summed E-state index contributed by atoms with van der Waals surface area (Å²) in [6.45, 7) is 0. The average molecular weight is 155 g/mol. The second-order valence-electron chi connectivity index (χ2n) is 1.84. The van der Waals surface area contributed by atoms with Crippen molar-refractivity contribution in [2.24, 2.45) is 0 Å². The molecule has 0 amide bonds. The Bertz CT molecular complexity index is 75.3. The molecule has 0 N–H and O–H groups in total. The van der Waals surface area contributed by atoms with Crippen LogP contribution in [0.2, 0.25) is 0 Å². The molecule has 38 valence electrons. The number of nitrogens with zero attached hydrogens (tertiary/aromatic N) is 2. The van der Waals surface area contributed by atoms with Gasteiger partial charge in [0, 0.05) is 19.5 Å². The first-order chi connectivity index (χ1) is 2.63. The Morgan fingerprint density at radius 3 is 1.57 bits per heavy atom. The summed E-state index contributed by atoms with van der Waals surface area (Å²) in [6, 6.07) is 0. The topological polar surface area (TPSA) is 15.5 Å². The van der Waals surface area contributed by atoms with Crippen molar-refractivity contribution in [3.8, 4) is 0 Å². The first kappa shape index (κ1) is 7.50. The molecule has 1 unspecified atom stereocenters. The molecule has 1 atom stereocenters. The van der Waals surface area contributed by atoms with E-state index < -0.39 is 0 Å². The maximum atomic E-state index is 4.88. The Kier molecular flexibility index (Phi) is 1.91. The summed E-state index contributed by atoms with van der Waals surface area (Å²) < 4.78 is 0.569. The van der Waals surface area contributed by atoms with Gasteiger partial charge in [-0.3, -0.25) is 0 Å². The van der Waals surface area contributed by atoms with Crippen LogP contribution in [0, 0.1) is 0 Å². The van der Waals surface area contributed by atoms with Crippen LogP contribution < -0.4 is 0 Å². The molecule has 4 heteroatoms. The van der Waals surface area contributed by atoms with Crippen LogP contribution in [0.25, 0.3) is 0 Å². The number of rotatable bonds is 0. The van der Waals surface area contributed by atoms with Crippen molar-refractivity contribution in [2.45, 2.75) is 0 Å². The van der Waals surface area contributed by atoms with E-state index in [9.17, 15) is 0 Å². The second kappa shape index (κ2) is 1.79. The summed E-state index contributed by atoms with van der Waals surface area (Å²) in [4.78, 5) is 4.88. The zero-order valence-corrected chi connectivity index (χ0v) is 7.98. The zero-order valence-electron chi connectivity index (χ0n) is 5.01. The first-order valence-electron chi connectivity index (χ1n) is 1.91. The van der Waals surface area contributed by atoms with E-state index in [0.29, 0.717) is 4.76 Å². The molecule has 0 aromatic rings. The minimum absolute atomic E-state index is 0. The third-order valence-electron chi connectivity index (χ3n) is 0.972. The molecule has 0 bridgehead atoms. The largest absolute Gasteiger partial charge is 0.123 e. The molecule has 1 heterocycles. The van der Waals surface area contributed by atoms with Gasteiger partial charge in [-0.25, -0.2) is 0 Å². The normalized spacial score (nSPS) is 33.9. The molecule has 0 aliphatic carbocycles. The maximum absolute atomic E-state index is 4.88. The molecule has 3 nitrogen and oxygen atoms in total. The van der Waals surface area contributed by atoms with Crippen LogP contribution in [0.5, 0.6) is 0 Å². The van der Waals surface area contributed by atoms with Gasteiger partial charge in [-0.2, -0.15) is 0 Å². The van der Waals surface area contributed by atoms with Crippen LogP contribution in [0.3, 0.4) is 0 Å². The molecule has 0 aromatic heterocycles. The summed E-state index contributed by atoms with van der Waals surface area (Å²) in [5.41, 5.74) is 0. The summed E-state index contributed by atoms with van der Waals surface area (Å²) in [7, 11) is 5.81. The third-order valence-corrected chi connectivity index (χ3v) is 0.972. The van der Waals surface area contributed by atoms with Crippen molar-refractivity contribution in [1.29, 1.82) is 0 Å². The van der Waals surface area contributed by atoms with Crippen molar-refractivity contribution in [2.75, 3.05) is 21.1 Å². The summed E-state index contributed by atoms with van der Waals surface area (Å²) >= 11 is 0. The molecular formula is C3H9N2OZn+. The Morgan fingerprint density at radius 1 is 1.43 bits per heavy atom. The van der Waals surface area contributed by atoms with Gasteiger partial charge in [-0.15, -0.1) is 0 Å². The summed E-state index contributed by atoms with van der Waals surface area (Å²) in [5, 5.41) is 1.75. The molecule has 1 aliphatic heterocycles. The van der Waals surface area contributed by atoms with Gasteiger partial charge in [0.05, 0.1) is 12.2 Å². The van der Waals surface area contributed by atoms with Crippen LogP contribution in [0.4, 0.5) is 0 Å². The molecule has 0 spiro atoms. The Balaban J connectivity index is 0.000000360. The van der Waals surface area contributed by atoms with Crippen LogP contribution >= 0.6 is 0 Å². The van der Waals surface area contributed by atoms with Crippen LogP contribution in [0.15, 0.2) is 0 Å². The van der Waals surface area contributed by atoms with Gasteiger partial charge >= 0.3 is 0 Å².